The van der Waals surface area contributed by atoms with Crippen LogP contribution in [0.25, 0.3) is 16.5 Å². The third-order valence-electron chi connectivity index (χ3n) is 4.52. The fourth-order valence-corrected chi connectivity index (χ4v) is 3.19. The first-order valence-electron chi connectivity index (χ1n) is 8.63. The smallest absolute Gasteiger partial charge is 0.152 e. The first-order chi connectivity index (χ1) is 12.3. The Labute approximate surface area is 146 Å². The maximum atomic E-state index is 12.3. The van der Waals surface area contributed by atoms with Crippen molar-refractivity contribution in [3.63, 3.8) is 0 Å². The number of rotatable bonds is 5. The number of benzene rings is 2. The summed E-state index contributed by atoms with van der Waals surface area (Å²) in [5.74, 6) is 0.200. The third-order valence-corrected chi connectivity index (χ3v) is 4.52. The van der Waals surface area contributed by atoms with E-state index in [1.54, 1.807) is 0 Å². The summed E-state index contributed by atoms with van der Waals surface area (Å²) in [6.07, 6.45) is 2.29. The molecule has 3 aromatic rings. The van der Waals surface area contributed by atoms with Crippen molar-refractivity contribution in [3.05, 3.63) is 60.4 Å². The molecule has 5 nitrogen and oxygen atoms in total. The minimum Gasteiger partial charge on any atom is -0.379 e. The van der Waals surface area contributed by atoms with Crippen molar-refractivity contribution in [3.8, 4) is 5.69 Å². The number of aromatic nitrogens is 2. The number of nitrogens with zero attached hydrogens (tertiary/aromatic N) is 3. The van der Waals surface area contributed by atoms with Crippen molar-refractivity contribution >= 4 is 16.6 Å². The van der Waals surface area contributed by atoms with Crippen LogP contribution >= 0.6 is 0 Å². The molecule has 0 spiro atoms. The second kappa shape index (κ2) is 7.17. The number of ether oxygens (including phenoxy) is 1. The average molecular weight is 335 g/mol. The Hall–Kier alpha value is -2.50. The summed E-state index contributed by atoms with van der Waals surface area (Å²) in [5.41, 5.74) is 1.82. The van der Waals surface area contributed by atoms with Crippen LogP contribution in [0.3, 0.4) is 0 Å². The molecular formula is C20H21N3O2. The van der Waals surface area contributed by atoms with Crippen molar-refractivity contribution in [2.24, 2.45) is 0 Å². The number of fused-ring (bicyclic) bond motifs is 1. The minimum absolute atomic E-state index is 0.200. The lowest BCUT2D eigenvalue weighted by Gasteiger charge is -2.25. The highest BCUT2D eigenvalue weighted by molar-refractivity contribution is 5.84. The highest BCUT2D eigenvalue weighted by Gasteiger charge is 2.15. The third kappa shape index (κ3) is 3.78. The van der Waals surface area contributed by atoms with Gasteiger partial charge in [-0.25, -0.2) is 4.68 Å². The van der Waals surface area contributed by atoms with Crippen molar-refractivity contribution in [1.29, 1.82) is 0 Å². The molecule has 0 amide bonds. The Balaban J connectivity index is 1.44. The monoisotopic (exact) mass is 335 g/mol. The molecule has 1 fully saturated rings. The molecule has 2 aromatic carbocycles. The van der Waals surface area contributed by atoms with Crippen LogP contribution in [0.2, 0.25) is 0 Å². The Morgan fingerprint density at radius 1 is 1.04 bits per heavy atom. The molecule has 0 atom stereocenters. The number of Topliss-reactive ketones (excluding diaryl/α,β-unsaturated/α-hetero) is 1. The number of hydrogen-bond donors (Lipinski definition) is 0. The zero-order chi connectivity index (χ0) is 17.1. The van der Waals surface area contributed by atoms with Gasteiger partial charge in [0.2, 0.25) is 0 Å². The first-order valence-corrected chi connectivity index (χ1v) is 8.63. The predicted octanol–water partition coefficient (Wildman–Crippen LogP) is 2.47. The van der Waals surface area contributed by atoms with Crippen LogP contribution in [-0.2, 0) is 16.0 Å². The minimum atomic E-state index is 0.200. The van der Waals surface area contributed by atoms with E-state index in [4.69, 9.17) is 4.74 Å². The summed E-state index contributed by atoms with van der Waals surface area (Å²) >= 11 is 0. The van der Waals surface area contributed by atoms with Crippen molar-refractivity contribution < 1.29 is 9.53 Å². The normalized spacial score (nSPS) is 15.5. The molecule has 1 aliphatic heterocycles. The molecule has 0 unspecified atom stereocenters. The summed E-state index contributed by atoms with van der Waals surface area (Å²) in [6.45, 7) is 3.56. The molecule has 1 saturated heterocycles. The Morgan fingerprint density at radius 2 is 1.84 bits per heavy atom. The van der Waals surface area contributed by atoms with Gasteiger partial charge in [-0.1, -0.05) is 30.3 Å². The second-order valence-corrected chi connectivity index (χ2v) is 6.39. The van der Waals surface area contributed by atoms with Gasteiger partial charge < -0.3 is 4.74 Å². The molecule has 0 bridgehead atoms. The van der Waals surface area contributed by atoms with Crippen molar-refractivity contribution in [2.45, 2.75) is 6.42 Å². The van der Waals surface area contributed by atoms with E-state index in [9.17, 15) is 4.79 Å². The molecule has 128 valence electrons. The molecule has 1 aromatic heterocycles. The van der Waals surface area contributed by atoms with E-state index >= 15 is 0 Å². The van der Waals surface area contributed by atoms with Gasteiger partial charge in [0.1, 0.15) is 0 Å². The molecule has 5 heteroatoms. The average Bonchev–Trinajstić information content (AvgIpc) is 3.10. The van der Waals surface area contributed by atoms with E-state index in [0.717, 1.165) is 24.5 Å². The Morgan fingerprint density at radius 3 is 2.68 bits per heavy atom. The lowest BCUT2D eigenvalue weighted by atomic mass is 10.1. The van der Waals surface area contributed by atoms with Crippen molar-refractivity contribution in [1.82, 2.24) is 14.7 Å². The van der Waals surface area contributed by atoms with Gasteiger partial charge in [0, 0.05) is 19.3 Å². The van der Waals surface area contributed by atoms with E-state index in [1.165, 1.54) is 10.8 Å². The SMILES string of the molecule is O=C(Cc1ccn(-c2ccc3ccccc3c2)n1)CN1CCOCC1. The van der Waals surface area contributed by atoms with Crippen LogP contribution in [0.1, 0.15) is 5.69 Å². The molecule has 2 heterocycles. The Bertz CT molecular complexity index is 881. The molecule has 0 saturated carbocycles. The summed E-state index contributed by atoms with van der Waals surface area (Å²) in [7, 11) is 0. The number of morpholine rings is 1. The predicted molar refractivity (Wildman–Crippen MR) is 97.0 cm³/mol. The highest BCUT2D eigenvalue weighted by atomic mass is 16.5. The highest BCUT2D eigenvalue weighted by Crippen LogP contribution is 2.18. The largest absolute Gasteiger partial charge is 0.379 e. The molecular weight excluding hydrogens is 314 g/mol. The van der Waals surface area contributed by atoms with E-state index in [0.29, 0.717) is 26.2 Å². The van der Waals surface area contributed by atoms with Crippen LogP contribution in [-0.4, -0.2) is 53.3 Å². The maximum Gasteiger partial charge on any atom is 0.152 e. The van der Waals surface area contributed by atoms with Crippen molar-refractivity contribution in [2.75, 3.05) is 32.8 Å². The lowest BCUT2D eigenvalue weighted by molar-refractivity contribution is -0.120. The fourth-order valence-electron chi connectivity index (χ4n) is 3.19. The second-order valence-electron chi connectivity index (χ2n) is 6.39. The quantitative estimate of drug-likeness (QED) is 0.719. The van der Waals surface area contributed by atoms with Gasteiger partial charge in [-0.2, -0.15) is 5.10 Å². The standard InChI is InChI=1S/C20H21N3O2/c24-20(15-22-9-11-25-12-10-22)14-18-7-8-23(21-18)19-6-5-16-3-1-2-4-17(16)13-19/h1-8,13H,9-12,14-15H2. The van der Waals surface area contributed by atoms with Crippen LogP contribution in [0, 0.1) is 0 Å². The topological polar surface area (TPSA) is 47.4 Å². The molecule has 0 radical (unpaired) electrons. The summed E-state index contributed by atoms with van der Waals surface area (Å²) < 4.78 is 7.15. The zero-order valence-electron chi connectivity index (χ0n) is 14.1. The van der Waals surface area contributed by atoms with E-state index < -0.39 is 0 Å². The molecule has 4 rings (SSSR count). The molecule has 0 N–H and O–H groups in total. The van der Waals surface area contributed by atoms with Gasteiger partial charge in [0.25, 0.3) is 0 Å². The number of carbonyl (C=O) groups is 1. The van der Waals surface area contributed by atoms with Gasteiger partial charge in [0.15, 0.2) is 5.78 Å². The van der Waals surface area contributed by atoms with E-state index in [1.807, 2.05) is 29.1 Å². The zero-order valence-corrected chi connectivity index (χ0v) is 14.1. The van der Waals surface area contributed by atoms with Crippen LogP contribution < -0.4 is 0 Å². The Kier molecular flexibility index (Phi) is 4.59. The van der Waals surface area contributed by atoms with Crippen LogP contribution in [0.4, 0.5) is 0 Å². The molecule has 1 aliphatic rings. The number of hydrogen-bond acceptors (Lipinski definition) is 4. The van der Waals surface area contributed by atoms with Gasteiger partial charge in [0.05, 0.1) is 37.6 Å². The van der Waals surface area contributed by atoms with Crippen LogP contribution in [0.15, 0.2) is 54.7 Å². The molecule has 0 aliphatic carbocycles. The first kappa shape index (κ1) is 16.0. The number of ketones is 1. The van der Waals surface area contributed by atoms with E-state index in [-0.39, 0.29) is 5.78 Å². The van der Waals surface area contributed by atoms with Gasteiger partial charge >= 0.3 is 0 Å². The van der Waals surface area contributed by atoms with Gasteiger partial charge in [-0.3, -0.25) is 9.69 Å². The van der Waals surface area contributed by atoms with Gasteiger partial charge in [-0.05, 0) is 29.0 Å². The maximum absolute atomic E-state index is 12.3. The lowest BCUT2D eigenvalue weighted by Crippen LogP contribution is -2.39. The van der Waals surface area contributed by atoms with Gasteiger partial charge in [-0.15, -0.1) is 0 Å². The summed E-state index contributed by atoms with van der Waals surface area (Å²) in [6, 6.07) is 16.4. The van der Waals surface area contributed by atoms with Crippen LogP contribution in [0.5, 0.6) is 0 Å². The fraction of sp³-hybridized carbons (Fsp3) is 0.300. The van der Waals surface area contributed by atoms with E-state index in [2.05, 4.69) is 40.3 Å². The summed E-state index contributed by atoms with van der Waals surface area (Å²) in [5, 5.41) is 6.96. The molecule has 25 heavy (non-hydrogen) atoms. The summed E-state index contributed by atoms with van der Waals surface area (Å²) in [4.78, 5) is 14.4. The number of carbonyl (C=O) groups excluding carboxylic acids is 1.